The van der Waals surface area contributed by atoms with Crippen molar-refractivity contribution in [2.75, 3.05) is 25.9 Å². The van der Waals surface area contributed by atoms with Crippen LogP contribution < -0.4 is 10.5 Å². The van der Waals surface area contributed by atoms with Gasteiger partial charge in [0.15, 0.2) is 0 Å². The Kier molecular flexibility index (Phi) is 4.42. The molecule has 0 saturated carbocycles. The quantitative estimate of drug-likeness (QED) is 0.865. The van der Waals surface area contributed by atoms with E-state index in [4.69, 9.17) is 10.5 Å². The van der Waals surface area contributed by atoms with Crippen LogP contribution in [0.2, 0.25) is 0 Å². The van der Waals surface area contributed by atoms with Gasteiger partial charge in [-0.1, -0.05) is 0 Å². The zero-order chi connectivity index (χ0) is 14.8. The van der Waals surface area contributed by atoms with E-state index in [9.17, 15) is 13.2 Å². The predicted molar refractivity (Wildman–Crippen MR) is 71.6 cm³/mol. The third-order valence-corrected chi connectivity index (χ3v) is 3.69. The number of ether oxygens (including phenoxy) is 1. The number of hydrogen-bond acceptors (Lipinski definition) is 3. The number of halogens is 3. The van der Waals surface area contributed by atoms with Crippen LogP contribution in [-0.4, -0.2) is 31.1 Å². The highest BCUT2D eigenvalue weighted by molar-refractivity contribution is 5.49. The maximum absolute atomic E-state index is 12.9. The highest BCUT2D eigenvalue weighted by Gasteiger charge is 2.34. The molecule has 0 bridgehead atoms. The molecule has 1 atom stereocenters. The van der Waals surface area contributed by atoms with Crippen LogP contribution in [-0.2, 0) is 6.18 Å². The van der Waals surface area contributed by atoms with Crippen molar-refractivity contribution in [3.05, 3.63) is 23.8 Å². The molecule has 1 aromatic carbocycles. The summed E-state index contributed by atoms with van der Waals surface area (Å²) in [5, 5.41) is 0. The van der Waals surface area contributed by atoms with Crippen molar-refractivity contribution in [1.29, 1.82) is 0 Å². The molecule has 1 unspecified atom stereocenters. The molecule has 1 saturated heterocycles. The Balaban J connectivity index is 1.99. The van der Waals surface area contributed by atoms with Gasteiger partial charge in [-0.15, -0.1) is 0 Å². The van der Waals surface area contributed by atoms with Crippen molar-refractivity contribution in [3.8, 4) is 5.75 Å². The number of benzene rings is 1. The summed E-state index contributed by atoms with van der Waals surface area (Å²) in [7, 11) is 2.03. The molecule has 1 fully saturated rings. The minimum atomic E-state index is -4.45. The molecule has 2 rings (SSSR count). The van der Waals surface area contributed by atoms with Gasteiger partial charge in [-0.3, -0.25) is 0 Å². The zero-order valence-corrected chi connectivity index (χ0v) is 11.4. The molecule has 1 aromatic rings. The van der Waals surface area contributed by atoms with Crippen molar-refractivity contribution >= 4 is 5.69 Å². The monoisotopic (exact) mass is 288 g/mol. The maximum Gasteiger partial charge on any atom is 0.420 e. The van der Waals surface area contributed by atoms with E-state index in [-0.39, 0.29) is 18.0 Å². The molecule has 20 heavy (non-hydrogen) atoms. The van der Waals surface area contributed by atoms with Crippen molar-refractivity contribution in [3.63, 3.8) is 0 Å². The Morgan fingerprint density at radius 2 is 2.15 bits per heavy atom. The fraction of sp³-hybridized carbons (Fsp3) is 0.571. The molecule has 0 aliphatic carbocycles. The first kappa shape index (κ1) is 15.0. The van der Waals surface area contributed by atoms with Crippen molar-refractivity contribution in [2.24, 2.45) is 0 Å². The topological polar surface area (TPSA) is 38.5 Å². The summed E-state index contributed by atoms with van der Waals surface area (Å²) < 4.78 is 44.0. The molecule has 2 N–H and O–H groups in total. The number of nitrogens with zero attached hydrogens (tertiary/aromatic N) is 1. The van der Waals surface area contributed by atoms with Gasteiger partial charge in [-0.05, 0) is 51.1 Å². The average Bonchev–Trinajstić information content (AvgIpc) is 2.76. The van der Waals surface area contributed by atoms with Gasteiger partial charge in [0.25, 0.3) is 0 Å². The lowest BCUT2D eigenvalue weighted by Gasteiger charge is -2.20. The lowest BCUT2D eigenvalue weighted by atomic mass is 10.1. The minimum absolute atomic E-state index is 0.0835. The molecule has 3 nitrogen and oxygen atoms in total. The van der Waals surface area contributed by atoms with Crippen LogP contribution in [0.5, 0.6) is 5.75 Å². The van der Waals surface area contributed by atoms with Gasteiger partial charge in [0.05, 0.1) is 12.2 Å². The molecular formula is C14H19F3N2O. The molecule has 1 heterocycles. The summed E-state index contributed by atoms with van der Waals surface area (Å²) in [5.74, 6) is -0.146. The van der Waals surface area contributed by atoms with Gasteiger partial charge in [0, 0.05) is 11.7 Å². The van der Waals surface area contributed by atoms with Crippen LogP contribution in [0.15, 0.2) is 18.2 Å². The minimum Gasteiger partial charge on any atom is -0.493 e. The summed E-state index contributed by atoms with van der Waals surface area (Å²) in [6.45, 7) is 1.32. The van der Waals surface area contributed by atoms with Gasteiger partial charge < -0.3 is 15.4 Å². The molecule has 112 valence electrons. The summed E-state index contributed by atoms with van der Waals surface area (Å²) in [6, 6.07) is 4.03. The van der Waals surface area contributed by atoms with Crippen molar-refractivity contribution in [1.82, 2.24) is 4.90 Å². The van der Waals surface area contributed by atoms with Gasteiger partial charge in [0.1, 0.15) is 5.75 Å². The van der Waals surface area contributed by atoms with E-state index in [1.54, 1.807) is 0 Å². The fourth-order valence-electron chi connectivity index (χ4n) is 2.54. The normalized spacial score (nSPS) is 20.3. The lowest BCUT2D eigenvalue weighted by Crippen LogP contribution is -2.26. The molecule has 1 aliphatic rings. The second-order valence-corrected chi connectivity index (χ2v) is 5.17. The van der Waals surface area contributed by atoms with E-state index >= 15 is 0 Å². The molecule has 0 radical (unpaired) electrons. The predicted octanol–water partition coefficient (Wildman–Crippen LogP) is 3.15. The molecule has 0 amide bonds. The first-order chi connectivity index (χ1) is 9.38. The van der Waals surface area contributed by atoms with Gasteiger partial charge in [-0.2, -0.15) is 13.2 Å². The van der Waals surface area contributed by atoms with Gasteiger partial charge in [0.2, 0.25) is 0 Å². The number of rotatable bonds is 4. The first-order valence-corrected chi connectivity index (χ1v) is 6.67. The number of anilines is 1. The van der Waals surface area contributed by atoms with E-state index in [0.717, 1.165) is 31.9 Å². The number of hydrogen-bond donors (Lipinski definition) is 1. The molecule has 0 spiro atoms. The van der Waals surface area contributed by atoms with Gasteiger partial charge in [-0.25, -0.2) is 0 Å². The first-order valence-electron chi connectivity index (χ1n) is 6.67. The third-order valence-electron chi connectivity index (χ3n) is 3.69. The molecular weight excluding hydrogens is 269 g/mol. The van der Waals surface area contributed by atoms with Crippen LogP contribution in [0.3, 0.4) is 0 Å². The van der Waals surface area contributed by atoms with Crippen LogP contribution in [0, 0.1) is 0 Å². The van der Waals surface area contributed by atoms with Crippen LogP contribution in [0.1, 0.15) is 24.8 Å². The Morgan fingerprint density at radius 1 is 1.40 bits per heavy atom. The summed E-state index contributed by atoms with van der Waals surface area (Å²) >= 11 is 0. The number of nitrogen functional groups attached to an aromatic ring is 1. The molecule has 0 aromatic heterocycles. The summed E-state index contributed by atoms with van der Waals surface area (Å²) in [6.07, 6.45) is -1.50. The van der Waals surface area contributed by atoms with Crippen molar-refractivity contribution in [2.45, 2.75) is 31.5 Å². The number of nitrogens with two attached hydrogens (primary N) is 1. The standard InChI is InChI=1S/C14H19F3N2O/c1-19-7-2-3-11(19)6-8-20-13-5-4-10(18)9-12(13)14(15,16)17/h4-5,9,11H,2-3,6-8,18H2,1H3. The summed E-state index contributed by atoms with van der Waals surface area (Å²) in [5.41, 5.74) is 4.68. The highest BCUT2D eigenvalue weighted by Crippen LogP contribution is 2.37. The lowest BCUT2D eigenvalue weighted by molar-refractivity contribution is -0.138. The third kappa shape index (κ3) is 3.56. The Hall–Kier alpha value is -1.43. The SMILES string of the molecule is CN1CCCC1CCOc1ccc(N)cc1C(F)(F)F. The van der Waals surface area contributed by atoms with E-state index in [0.29, 0.717) is 6.04 Å². The highest BCUT2D eigenvalue weighted by atomic mass is 19.4. The number of alkyl halides is 3. The maximum atomic E-state index is 12.9. The van der Waals surface area contributed by atoms with Gasteiger partial charge >= 0.3 is 6.18 Å². The van der Waals surface area contributed by atoms with E-state index in [1.807, 2.05) is 7.05 Å². The Bertz CT molecular complexity index is 462. The average molecular weight is 288 g/mol. The second-order valence-electron chi connectivity index (χ2n) is 5.17. The second kappa shape index (κ2) is 5.91. The van der Waals surface area contributed by atoms with Crippen LogP contribution in [0.25, 0.3) is 0 Å². The Labute approximate surface area is 116 Å². The molecule has 1 aliphatic heterocycles. The smallest absolute Gasteiger partial charge is 0.420 e. The zero-order valence-electron chi connectivity index (χ0n) is 11.4. The van der Waals surface area contributed by atoms with Crippen LogP contribution >= 0.6 is 0 Å². The van der Waals surface area contributed by atoms with E-state index < -0.39 is 11.7 Å². The summed E-state index contributed by atoms with van der Waals surface area (Å²) in [4.78, 5) is 2.22. The molecule has 6 heteroatoms. The largest absolute Gasteiger partial charge is 0.493 e. The Morgan fingerprint density at radius 3 is 2.75 bits per heavy atom. The number of likely N-dealkylation sites (tertiary alicyclic amines) is 1. The van der Waals surface area contributed by atoms with E-state index in [1.165, 1.54) is 12.1 Å². The fourth-order valence-corrected chi connectivity index (χ4v) is 2.54. The van der Waals surface area contributed by atoms with Crippen molar-refractivity contribution < 1.29 is 17.9 Å². The van der Waals surface area contributed by atoms with E-state index in [2.05, 4.69) is 4.90 Å². The van der Waals surface area contributed by atoms with Crippen LogP contribution in [0.4, 0.5) is 18.9 Å².